The SMILES string of the molecule is C[C@@H]1CN(C)C[C@]1(O)c1ccccc1. The van der Waals surface area contributed by atoms with E-state index in [2.05, 4.69) is 18.9 Å². The van der Waals surface area contributed by atoms with Crippen LogP contribution in [0.25, 0.3) is 0 Å². The number of benzene rings is 1. The van der Waals surface area contributed by atoms with Crippen molar-refractivity contribution in [1.82, 2.24) is 4.90 Å². The van der Waals surface area contributed by atoms with E-state index < -0.39 is 5.60 Å². The fourth-order valence-corrected chi connectivity index (χ4v) is 2.35. The second-order valence-electron chi connectivity index (χ2n) is 4.39. The van der Waals surface area contributed by atoms with Gasteiger partial charge in [0.05, 0.1) is 0 Å². The Labute approximate surface area is 85.2 Å². The van der Waals surface area contributed by atoms with Crippen LogP contribution in [-0.4, -0.2) is 30.1 Å². The first-order valence-corrected chi connectivity index (χ1v) is 5.09. The smallest absolute Gasteiger partial charge is 0.106 e. The van der Waals surface area contributed by atoms with Gasteiger partial charge in [-0.05, 0) is 12.6 Å². The van der Waals surface area contributed by atoms with Crippen molar-refractivity contribution in [2.24, 2.45) is 5.92 Å². The highest BCUT2D eigenvalue weighted by Crippen LogP contribution is 2.35. The molecule has 1 aliphatic rings. The minimum Gasteiger partial charge on any atom is -0.383 e. The zero-order valence-electron chi connectivity index (χ0n) is 8.77. The molecule has 1 aromatic carbocycles. The largest absolute Gasteiger partial charge is 0.383 e. The van der Waals surface area contributed by atoms with Crippen LogP contribution in [0.2, 0.25) is 0 Å². The summed E-state index contributed by atoms with van der Waals surface area (Å²) in [5.74, 6) is 0.301. The van der Waals surface area contributed by atoms with Gasteiger partial charge in [-0.1, -0.05) is 37.3 Å². The number of nitrogens with zero attached hydrogens (tertiary/aromatic N) is 1. The Morgan fingerprint density at radius 3 is 2.50 bits per heavy atom. The number of rotatable bonds is 1. The minimum atomic E-state index is -0.657. The molecule has 2 rings (SSSR count). The first kappa shape index (κ1) is 9.69. The van der Waals surface area contributed by atoms with Gasteiger partial charge in [0.1, 0.15) is 5.60 Å². The quantitative estimate of drug-likeness (QED) is 0.726. The summed E-state index contributed by atoms with van der Waals surface area (Å²) in [5, 5.41) is 10.6. The van der Waals surface area contributed by atoms with Crippen molar-refractivity contribution in [3.63, 3.8) is 0 Å². The van der Waals surface area contributed by atoms with Gasteiger partial charge >= 0.3 is 0 Å². The molecular formula is C12H17NO. The summed E-state index contributed by atoms with van der Waals surface area (Å²) in [5.41, 5.74) is 0.382. The Balaban J connectivity index is 2.33. The standard InChI is InChI=1S/C12H17NO/c1-10-8-13(2)9-12(10,14)11-6-4-3-5-7-11/h3-7,10,14H,8-9H2,1-2H3/t10-,12-/m1/s1. The second-order valence-corrected chi connectivity index (χ2v) is 4.39. The van der Waals surface area contributed by atoms with Gasteiger partial charge in [-0.2, -0.15) is 0 Å². The van der Waals surface area contributed by atoms with Crippen molar-refractivity contribution in [2.45, 2.75) is 12.5 Å². The minimum absolute atomic E-state index is 0.301. The Kier molecular flexibility index (Phi) is 2.33. The maximum Gasteiger partial charge on any atom is 0.106 e. The maximum atomic E-state index is 10.6. The van der Waals surface area contributed by atoms with Gasteiger partial charge in [0.15, 0.2) is 0 Å². The van der Waals surface area contributed by atoms with Crippen LogP contribution in [0.1, 0.15) is 12.5 Å². The molecule has 1 aliphatic heterocycles. The molecule has 1 aromatic rings. The van der Waals surface area contributed by atoms with Gasteiger partial charge in [-0.25, -0.2) is 0 Å². The Bertz CT molecular complexity index is 311. The summed E-state index contributed by atoms with van der Waals surface area (Å²) in [6.07, 6.45) is 0. The summed E-state index contributed by atoms with van der Waals surface area (Å²) in [6, 6.07) is 9.97. The molecule has 2 nitrogen and oxygen atoms in total. The Hall–Kier alpha value is -0.860. The van der Waals surface area contributed by atoms with E-state index in [1.54, 1.807) is 0 Å². The average molecular weight is 191 g/mol. The average Bonchev–Trinajstić information content (AvgIpc) is 2.43. The lowest BCUT2D eigenvalue weighted by Crippen LogP contribution is -2.33. The molecule has 1 N–H and O–H groups in total. The maximum absolute atomic E-state index is 10.6. The zero-order chi connectivity index (χ0) is 10.2. The molecule has 2 heteroatoms. The zero-order valence-corrected chi connectivity index (χ0v) is 8.77. The van der Waals surface area contributed by atoms with E-state index in [9.17, 15) is 5.11 Å². The highest BCUT2D eigenvalue weighted by atomic mass is 16.3. The van der Waals surface area contributed by atoms with Gasteiger partial charge in [0, 0.05) is 19.0 Å². The van der Waals surface area contributed by atoms with E-state index in [-0.39, 0.29) is 0 Å². The Morgan fingerprint density at radius 1 is 1.36 bits per heavy atom. The molecule has 1 heterocycles. The molecule has 14 heavy (non-hydrogen) atoms. The van der Waals surface area contributed by atoms with E-state index >= 15 is 0 Å². The number of aliphatic hydroxyl groups is 1. The third-order valence-corrected chi connectivity index (χ3v) is 3.19. The molecular weight excluding hydrogens is 174 g/mol. The molecule has 0 radical (unpaired) electrons. The van der Waals surface area contributed by atoms with E-state index in [0.717, 1.165) is 18.7 Å². The van der Waals surface area contributed by atoms with Crippen molar-refractivity contribution in [2.75, 3.05) is 20.1 Å². The highest BCUT2D eigenvalue weighted by Gasteiger charge is 2.42. The normalized spacial score (nSPS) is 33.5. The van der Waals surface area contributed by atoms with Crippen LogP contribution in [0.15, 0.2) is 30.3 Å². The molecule has 0 aliphatic carbocycles. The summed E-state index contributed by atoms with van der Waals surface area (Å²) in [7, 11) is 2.05. The molecule has 0 saturated carbocycles. The second kappa shape index (κ2) is 3.37. The fraction of sp³-hybridized carbons (Fsp3) is 0.500. The lowest BCUT2D eigenvalue weighted by Gasteiger charge is -2.27. The number of β-amino-alcohol motifs (C(OH)–C–C–N with tert-alkyl or cyclic N) is 1. The van der Waals surface area contributed by atoms with E-state index in [4.69, 9.17) is 0 Å². The van der Waals surface area contributed by atoms with Crippen molar-refractivity contribution in [3.8, 4) is 0 Å². The molecule has 1 fully saturated rings. The first-order valence-electron chi connectivity index (χ1n) is 5.09. The van der Waals surface area contributed by atoms with Gasteiger partial charge in [0.25, 0.3) is 0 Å². The summed E-state index contributed by atoms with van der Waals surface area (Å²) in [4.78, 5) is 2.18. The molecule has 1 saturated heterocycles. The molecule has 0 spiro atoms. The van der Waals surface area contributed by atoms with Crippen molar-refractivity contribution >= 4 is 0 Å². The van der Waals surface area contributed by atoms with Gasteiger partial charge in [-0.15, -0.1) is 0 Å². The lowest BCUT2D eigenvalue weighted by molar-refractivity contribution is 0.0146. The summed E-state index contributed by atoms with van der Waals surface area (Å²) >= 11 is 0. The Morgan fingerprint density at radius 2 is 2.00 bits per heavy atom. The summed E-state index contributed by atoms with van der Waals surface area (Å²) < 4.78 is 0. The van der Waals surface area contributed by atoms with Crippen LogP contribution in [0.5, 0.6) is 0 Å². The van der Waals surface area contributed by atoms with Crippen LogP contribution in [0, 0.1) is 5.92 Å². The van der Waals surface area contributed by atoms with Crippen molar-refractivity contribution in [1.29, 1.82) is 0 Å². The van der Waals surface area contributed by atoms with Crippen LogP contribution < -0.4 is 0 Å². The van der Waals surface area contributed by atoms with Gasteiger partial charge < -0.3 is 10.0 Å². The van der Waals surface area contributed by atoms with Crippen molar-refractivity contribution in [3.05, 3.63) is 35.9 Å². The van der Waals surface area contributed by atoms with Crippen LogP contribution in [0.4, 0.5) is 0 Å². The van der Waals surface area contributed by atoms with E-state index in [1.807, 2.05) is 30.3 Å². The van der Waals surface area contributed by atoms with E-state index in [0.29, 0.717) is 5.92 Å². The fourth-order valence-electron chi connectivity index (χ4n) is 2.35. The number of likely N-dealkylation sites (N-methyl/N-ethyl adjacent to an activating group) is 1. The van der Waals surface area contributed by atoms with E-state index in [1.165, 1.54) is 0 Å². The molecule has 0 amide bonds. The predicted octanol–water partition coefficient (Wildman–Crippen LogP) is 1.46. The van der Waals surface area contributed by atoms with Crippen LogP contribution >= 0.6 is 0 Å². The molecule has 0 bridgehead atoms. The molecule has 2 atom stereocenters. The first-order chi connectivity index (χ1) is 6.63. The molecule has 0 aromatic heterocycles. The van der Waals surface area contributed by atoms with Gasteiger partial charge in [-0.3, -0.25) is 0 Å². The highest BCUT2D eigenvalue weighted by molar-refractivity contribution is 5.25. The molecule has 0 unspecified atom stereocenters. The topological polar surface area (TPSA) is 23.5 Å². The number of likely N-dealkylation sites (tertiary alicyclic amines) is 1. The predicted molar refractivity (Wildman–Crippen MR) is 57.0 cm³/mol. The third-order valence-electron chi connectivity index (χ3n) is 3.19. The monoisotopic (exact) mass is 191 g/mol. The van der Waals surface area contributed by atoms with Gasteiger partial charge in [0.2, 0.25) is 0 Å². The lowest BCUT2D eigenvalue weighted by atomic mass is 9.85. The van der Waals surface area contributed by atoms with Crippen molar-refractivity contribution < 1.29 is 5.11 Å². The van der Waals surface area contributed by atoms with Crippen LogP contribution in [-0.2, 0) is 5.60 Å². The summed E-state index contributed by atoms with van der Waals surface area (Å²) in [6.45, 7) is 3.81. The molecule has 76 valence electrons. The van der Waals surface area contributed by atoms with Crippen LogP contribution in [0.3, 0.4) is 0 Å². The number of hydrogen-bond acceptors (Lipinski definition) is 2. The third kappa shape index (κ3) is 1.45. The number of hydrogen-bond donors (Lipinski definition) is 1.